The summed E-state index contributed by atoms with van der Waals surface area (Å²) >= 11 is 0. The summed E-state index contributed by atoms with van der Waals surface area (Å²) in [5, 5.41) is 0. The van der Waals surface area contributed by atoms with E-state index in [1.165, 1.54) is 28.1 Å². The molecule has 0 amide bonds. The lowest BCUT2D eigenvalue weighted by Crippen LogP contribution is -2.30. The quantitative estimate of drug-likeness (QED) is 0.312. The fourth-order valence-electron chi connectivity index (χ4n) is 4.28. The number of rotatable bonds is 15. The molecule has 0 saturated carbocycles. The predicted octanol–water partition coefficient (Wildman–Crippen LogP) is 3.88. The first-order valence-electron chi connectivity index (χ1n) is 12.1. The Kier molecular flexibility index (Phi) is 11.8. The highest BCUT2D eigenvalue weighted by Gasteiger charge is 2.27. The van der Waals surface area contributed by atoms with Gasteiger partial charge in [-0.05, 0) is 48.2 Å². The number of hydrogen-bond donors (Lipinski definition) is 0. The van der Waals surface area contributed by atoms with Gasteiger partial charge in [0.1, 0.15) is 0 Å². The van der Waals surface area contributed by atoms with E-state index < -0.39 is 11.9 Å². The molecule has 10 nitrogen and oxygen atoms in total. The average molecular weight is 535 g/mol. The number of ether oxygens (including phenoxy) is 8. The molecule has 0 spiro atoms. The maximum Gasteiger partial charge on any atom is 0.302 e. The summed E-state index contributed by atoms with van der Waals surface area (Å²) in [6.07, 6.45) is 0.945. The van der Waals surface area contributed by atoms with Crippen LogP contribution >= 0.6 is 0 Å². The van der Waals surface area contributed by atoms with Gasteiger partial charge in [-0.1, -0.05) is 0 Å². The largest absolute Gasteiger partial charge is 0.493 e. The smallest absolute Gasteiger partial charge is 0.302 e. The zero-order valence-electron chi connectivity index (χ0n) is 23.4. The molecule has 0 saturated heterocycles. The Morgan fingerprint density at radius 2 is 0.842 bits per heavy atom. The Bertz CT molecular complexity index is 946. The van der Waals surface area contributed by atoms with Crippen LogP contribution in [0, 0.1) is 11.8 Å². The zero-order valence-corrected chi connectivity index (χ0v) is 23.4. The van der Waals surface area contributed by atoms with Gasteiger partial charge in [0.15, 0.2) is 23.0 Å². The summed E-state index contributed by atoms with van der Waals surface area (Å²) in [5.74, 6) is 1.71. The van der Waals surface area contributed by atoms with Crippen LogP contribution in [0.15, 0.2) is 24.3 Å². The second kappa shape index (κ2) is 14.8. The zero-order chi connectivity index (χ0) is 28.2. The lowest BCUT2D eigenvalue weighted by molar-refractivity contribution is -0.147. The van der Waals surface area contributed by atoms with Crippen molar-refractivity contribution in [1.29, 1.82) is 0 Å². The molecule has 0 heterocycles. The Morgan fingerprint density at radius 1 is 0.553 bits per heavy atom. The Morgan fingerprint density at radius 3 is 1.05 bits per heavy atom. The van der Waals surface area contributed by atoms with Crippen molar-refractivity contribution in [3.63, 3.8) is 0 Å². The standard InChI is InChI=1S/C28H38O10/c1-17(29)37-15-21(9-19-11-23(31-3)27(35-7)24(12-19)32-4)22(16-38-18(2)30)10-20-13-25(33-5)28(36-8)26(14-20)34-6/h11-14,21-22H,9-10,15-16H2,1-8H3/t21-,22-/m0/s1. The molecule has 2 aromatic carbocycles. The van der Waals surface area contributed by atoms with Gasteiger partial charge in [0.2, 0.25) is 11.5 Å². The van der Waals surface area contributed by atoms with Crippen LogP contribution in [-0.2, 0) is 31.9 Å². The molecule has 38 heavy (non-hydrogen) atoms. The van der Waals surface area contributed by atoms with Crippen molar-refractivity contribution in [2.24, 2.45) is 11.8 Å². The van der Waals surface area contributed by atoms with Crippen molar-refractivity contribution in [3.05, 3.63) is 35.4 Å². The van der Waals surface area contributed by atoms with E-state index in [0.717, 1.165) is 11.1 Å². The number of benzene rings is 2. The fraction of sp³-hybridized carbons (Fsp3) is 0.500. The van der Waals surface area contributed by atoms with E-state index in [0.29, 0.717) is 47.3 Å². The summed E-state index contributed by atoms with van der Waals surface area (Å²) in [4.78, 5) is 23.5. The molecule has 2 rings (SSSR count). The molecule has 0 aromatic heterocycles. The molecule has 2 aromatic rings. The number of hydrogen-bond acceptors (Lipinski definition) is 10. The maximum absolute atomic E-state index is 11.8. The fourth-order valence-corrected chi connectivity index (χ4v) is 4.28. The van der Waals surface area contributed by atoms with Crippen LogP contribution in [-0.4, -0.2) is 67.8 Å². The van der Waals surface area contributed by atoms with Crippen molar-refractivity contribution in [1.82, 2.24) is 0 Å². The minimum absolute atomic E-state index is 0.113. The number of methoxy groups -OCH3 is 6. The molecular formula is C28H38O10. The lowest BCUT2D eigenvalue weighted by Gasteiger charge is -2.28. The van der Waals surface area contributed by atoms with Gasteiger partial charge >= 0.3 is 11.9 Å². The van der Waals surface area contributed by atoms with Gasteiger partial charge < -0.3 is 37.9 Å². The lowest BCUT2D eigenvalue weighted by atomic mass is 9.83. The van der Waals surface area contributed by atoms with Crippen molar-refractivity contribution in [2.45, 2.75) is 26.7 Å². The Hall–Kier alpha value is -3.82. The van der Waals surface area contributed by atoms with Gasteiger partial charge in [-0.15, -0.1) is 0 Å². The summed E-state index contributed by atoms with van der Waals surface area (Å²) in [6.45, 7) is 2.94. The van der Waals surface area contributed by atoms with Gasteiger partial charge in [0.05, 0.1) is 55.9 Å². The first-order chi connectivity index (χ1) is 18.2. The predicted molar refractivity (Wildman–Crippen MR) is 140 cm³/mol. The van der Waals surface area contributed by atoms with Crippen LogP contribution in [0.5, 0.6) is 34.5 Å². The highest BCUT2D eigenvalue weighted by atomic mass is 16.5. The van der Waals surface area contributed by atoms with Gasteiger partial charge in [-0.3, -0.25) is 9.59 Å². The molecule has 0 aliphatic carbocycles. The Labute approximate surface area is 224 Å². The minimum Gasteiger partial charge on any atom is -0.493 e. The molecule has 0 fully saturated rings. The van der Waals surface area contributed by atoms with Crippen LogP contribution in [0.2, 0.25) is 0 Å². The van der Waals surface area contributed by atoms with Gasteiger partial charge in [0, 0.05) is 25.7 Å². The third-order valence-electron chi connectivity index (χ3n) is 6.11. The average Bonchev–Trinajstić information content (AvgIpc) is 2.91. The topological polar surface area (TPSA) is 108 Å². The SMILES string of the molecule is COc1cc(C[C@@H](COC(C)=O)[C@H](COC(C)=O)Cc2cc(OC)c(OC)c(OC)c2)cc(OC)c1OC. The monoisotopic (exact) mass is 534 g/mol. The van der Waals surface area contributed by atoms with Gasteiger partial charge in [-0.2, -0.15) is 0 Å². The first kappa shape index (κ1) is 30.4. The van der Waals surface area contributed by atoms with Crippen molar-refractivity contribution in [2.75, 3.05) is 55.9 Å². The molecule has 210 valence electrons. The first-order valence-corrected chi connectivity index (χ1v) is 12.1. The molecular weight excluding hydrogens is 496 g/mol. The van der Waals surface area contributed by atoms with E-state index >= 15 is 0 Å². The van der Waals surface area contributed by atoms with Crippen molar-refractivity contribution in [3.8, 4) is 34.5 Å². The highest BCUT2D eigenvalue weighted by Crippen LogP contribution is 2.41. The second-order valence-electron chi connectivity index (χ2n) is 8.60. The molecule has 0 bridgehead atoms. The van der Waals surface area contributed by atoms with Crippen LogP contribution in [0.1, 0.15) is 25.0 Å². The summed E-state index contributed by atoms with van der Waals surface area (Å²) in [5.41, 5.74) is 1.74. The van der Waals surface area contributed by atoms with E-state index in [1.54, 1.807) is 28.4 Å². The highest BCUT2D eigenvalue weighted by molar-refractivity contribution is 5.66. The maximum atomic E-state index is 11.8. The minimum atomic E-state index is -0.404. The second-order valence-corrected chi connectivity index (χ2v) is 8.60. The van der Waals surface area contributed by atoms with Crippen molar-refractivity contribution >= 4 is 11.9 Å². The molecule has 0 aliphatic rings. The van der Waals surface area contributed by atoms with Crippen LogP contribution in [0.4, 0.5) is 0 Å². The van der Waals surface area contributed by atoms with E-state index in [2.05, 4.69) is 0 Å². The molecule has 0 N–H and O–H groups in total. The van der Waals surface area contributed by atoms with E-state index in [4.69, 9.17) is 37.9 Å². The van der Waals surface area contributed by atoms with E-state index in [1.807, 2.05) is 24.3 Å². The van der Waals surface area contributed by atoms with Crippen LogP contribution < -0.4 is 28.4 Å². The normalized spacial score (nSPS) is 12.1. The van der Waals surface area contributed by atoms with E-state index in [-0.39, 0.29) is 25.0 Å². The summed E-state index contributed by atoms with van der Waals surface area (Å²) in [6, 6.07) is 7.41. The third-order valence-corrected chi connectivity index (χ3v) is 6.11. The van der Waals surface area contributed by atoms with Crippen molar-refractivity contribution < 1.29 is 47.5 Å². The number of esters is 2. The number of carbonyl (C=O) groups excluding carboxylic acids is 2. The molecule has 10 heteroatoms. The van der Waals surface area contributed by atoms with Crippen LogP contribution in [0.25, 0.3) is 0 Å². The molecule has 0 radical (unpaired) electrons. The third kappa shape index (κ3) is 8.09. The summed E-state index contributed by atoms with van der Waals surface area (Å²) in [7, 11) is 9.26. The summed E-state index contributed by atoms with van der Waals surface area (Å²) < 4.78 is 43.8. The van der Waals surface area contributed by atoms with Crippen LogP contribution in [0.3, 0.4) is 0 Å². The number of carbonyl (C=O) groups is 2. The molecule has 2 atom stereocenters. The molecule has 0 unspecified atom stereocenters. The van der Waals surface area contributed by atoms with E-state index in [9.17, 15) is 9.59 Å². The van der Waals surface area contributed by atoms with Gasteiger partial charge in [-0.25, -0.2) is 0 Å². The molecule has 0 aliphatic heterocycles. The Balaban J connectivity index is 2.52. The van der Waals surface area contributed by atoms with Gasteiger partial charge in [0.25, 0.3) is 0 Å².